The highest BCUT2D eigenvalue weighted by Crippen LogP contribution is 2.08. The van der Waals surface area contributed by atoms with E-state index in [1.807, 2.05) is 0 Å². The van der Waals surface area contributed by atoms with E-state index in [4.69, 9.17) is 0 Å². The van der Waals surface area contributed by atoms with Crippen molar-refractivity contribution in [1.29, 1.82) is 0 Å². The summed E-state index contributed by atoms with van der Waals surface area (Å²) >= 11 is 0. The molecule has 0 spiro atoms. The second-order valence-electron chi connectivity index (χ2n) is 6.81. The van der Waals surface area contributed by atoms with Gasteiger partial charge in [-0.2, -0.15) is 0 Å². The summed E-state index contributed by atoms with van der Waals surface area (Å²) in [7, 11) is -1.94. The van der Waals surface area contributed by atoms with Gasteiger partial charge in [0.2, 0.25) is 0 Å². The second-order valence-corrected chi connectivity index (χ2v) is 10.1. The maximum absolute atomic E-state index is 11.9. The molecule has 0 aliphatic carbocycles. The summed E-state index contributed by atoms with van der Waals surface area (Å²) in [5, 5.41) is 9.95. The molecule has 146 valence electrons. The maximum Gasteiger partial charge on any atom is 0.0770 e. The number of hydrogen-bond acceptors (Lipinski definition) is 3. The summed E-state index contributed by atoms with van der Waals surface area (Å²) in [6.45, 7) is 4.40. The van der Waals surface area contributed by atoms with Gasteiger partial charge in [-0.3, -0.25) is 8.42 Å². The van der Waals surface area contributed by atoms with Crippen molar-refractivity contribution in [3.63, 3.8) is 0 Å². The summed E-state index contributed by atoms with van der Waals surface area (Å²) in [6.07, 6.45) is 13.6. The molecule has 0 saturated carbocycles. The van der Waals surface area contributed by atoms with Crippen LogP contribution in [-0.4, -0.2) is 42.6 Å². The minimum Gasteiger partial charge on any atom is -0.391 e. The lowest BCUT2D eigenvalue weighted by Gasteiger charge is -2.10. The van der Waals surface area contributed by atoms with Crippen molar-refractivity contribution in [3.05, 3.63) is 0 Å². The Balaban J connectivity index is 3.56. The van der Waals surface area contributed by atoms with Gasteiger partial charge in [0.05, 0.1) is 17.6 Å². The maximum atomic E-state index is 11.9. The van der Waals surface area contributed by atoms with Crippen LogP contribution in [0.2, 0.25) is 0 Å². The van der Waals surface area contributed by atoms with E-state index in [-0.39, 0.29) is 11.5 Å². The summed E-state index contributed by atoms with van der Waals surface area (Å²) in [5.74, 6) is 1.93. The van der Waals surface area contributed by atoms with Gasteiger partial charge in [-0.1, -0.05) is 78.1 Å². The van der Waals surface area contributed by atoms with Crippen LogP contribution in [0.15, 0.2) is 0 Å². The second kappa shape index (κ2) is 18.1. The SMILES string of the molecule is CCCCCCCC[S@@](=O)CC(O)C[S@](=O)CCCCCCCC. The third-order valence-corrected chi connectivity index (χ3v) is 7.21. The van der Waals surface area contributed by atoms with Crippen LogP contribution in [0.3, 0.4) is 0 Å². The summed E-state index contributed by atoms with van der Waals surface area (Å²) in [5.41, 5.74) is 0. The van der Waals surface area contributed by atoms with Crippen molar-refractivity contribution in [2.24, 2.45) is 0 Å². The van der Waals surface area contributed by atoms with Gasteiger partial charge in [0.25, 0.3) is 0 Å². The van der Waals surface area contributed by atoms with Gasteiger partial charge in [0, 0.05) is 33.1 Å². The summed E-state index contributed by atoms with van der Waals surface area (Å²) < 4.78 is 23.9. The van der Waals surface area contributed by atoms with Gasteiger partial charge in [-0.15, -0.1) is 0 Å². The van der Waals surface area contributed by atoms with Gasteiger partial charge < -0.3 is 5.11 Å². The van der Waals surface area contributed by atoms with Crippen molar-refractivity contribution in [3.8, 4) is 0 Å². The highest BCUT2D eigenvalue weighted by atomic mass is 32.2. The van der Waals surface area contributed by atoms with E-state index in [0.717, 1.165) is 25.7 Å². The summed E-state index contributed by atoms with van der Waals surface area (Å²) in [6, 6.07) is 0. The molecule has 0 saturated heterocycles. The zero-order valence-corrected chi connectivity index (χ0v) is 17.6. The highest BCUT2D eigenvalue weighted by molar-refractivity contribution is 7.86. The van der Waals surface area contributed by atoms with Crippen LogP contribution >= 0.6 is 0 Å². The fraction of sp³-hybridized carbons (Fsp3) is 1.00. The Morgan fingerprint density at radius 1 is 0.625 bits per heavy atom. The van der Waals surface area contributed by atoms with E-state index >= 15 is 0 Å². The Morgan fingerprint density at radius 3 is 1.33 bits per heavy atom. The number of aliphatic hydroxyl groups excluding tert-OH is 1. The van der Waals surface area contributed by atoms with Crippen molar-refractivity contribution in [1.82, 2.24) is 0 Å². The Kier molecular flexibility index (Phi) is 18.3. The van der Waals surface area contributed by atoms with Crippen LogP contribution in [0, 0.1) is 0 Å². The van der Waals surface area contributed by atoms with Crippen LogP contribution in [0.1, 0.15) is 90.9 Å². The molecular formula is C19H40O3S2. The van der Waals surface area contributed by atoms with Gasteiger partial charge in [-0.05, 0) is 12.8 Å². The first kappa shape index (κ1) is 24.3. The molecule has 5 heteroatoms. The number of hydrogen-bond donors (Lipinski definition) is 1. The van der Waals surface area contributed by atoms with E-state index < -0.39 is 27.7 Å². The van der Waals surface area contributed by atoms with E-state index in [1.54, 1.807) is 0 Å². The fourth-order valence-electron chi connectivity index (χ4n) is 2.73. The van der Waals surface area contributed by atoms with E-state index in [0.29, 0.717) is 11.5 Å². The average Bonchev–Trinajstić information content (AvgIpc) is 2.53. The summed E-state index contributed by atoms with van der Waals surface area (Å²) in [4.78, 5) is 0. The first-order chi connectivity index (χ1) is 11.6. The lowest BCUT2D eigenvalue weighted by atomic mass is 10.1. The largest absolute Gasteiger partial charge is 0.391 e. The van der Waals surface area contributed by atoms with Crippen LogP contribution in [0.5, 0.6) is 0 Å². The molecule has 0 aliphatic rings. The zero-order chi connectivity index (χ0) is 18.0. The number of unbranched alkanes of at least 4 members (excludes halogenated alkanes) is 10. The predicted molar refractivity (Wildman–Crippen MR) is 109 cm³/mol. The number of rotatable bonds is 18. The van der Waals surface area contributed by atoms with Crippen LogP contribution in [0.25, 0.3) is 0 Å². The Hall–Kier alpha value is 0.260. The lowest BCUT2D eigenvalue weighted by molar-refractivity contribution is 0.223. The predicted octanol–water partition coefficient (Wildman–Crippen LogP) is 4.57. The monoisotopic (exact) mass is 380 g/mol. The zero-order valence-electron chi connectivity index (χ0n) is 16.0. The topological polar surface area (TPSA) is 54.4 Å². The average molecular weight is 381 g/mol. The molecule has 0 aromatic rings. The molecule has 0 aromatic carbocycles. The van der Waals surface area contributed by atoms with Crippen molar-refractivity contribution in [2.45, 2.75) is 97.0 Å². The van der Waals surface area contributed by atoms with Crippen LogP contribution in [-0.2, 0) is 21.6 Å². The van der Waals surface area contributed by atoms with Crippen molar-refractivity contribution < 1.29 is 13.5 Å². The molecule has 24 heavy (non-hydrogen) atoms. The minimum atomic E-state index is -0.969. The third-order valence-electron chi connectivity index (χ3n) is 4.21. The molecule has 0 aliphatic heterocycles. The van der Waals surface area contributed by atoms with Gasteiger partial charge in [0.1, 0.15) is 0 Å². The lowest BCUT2D eigenvalue weighted by Crippen LogP contribution is -2.25. The van der Waals surface area contributed by atoms with Gasteiger partial charge >= 0.3 is 0 Å². The van der Waals surface area contributed by atoms with Gasteiger partial charge in [0.15, 0.2) is 0 Å². The fourth-order valence-corrected chi connectivity index (χ4v) is 5.36. The molecule has 0 rings (SSSR count). The minimum absolute atomic E-state index is 0.289. The molecule has 0 aromatic heterocycles. The Morgan fingerprint density at radius 2 is 0.958 bits per heavy atom. The van der Waals surface area contributed by atoms with Crippen molar-refractivity contribution in [2.75, 3.05) is 23.0 Å². The molecule has 0 unspecified atom stereocenters. The van der Waals surface area contributed by atoms with E-state index in [1.165, 1.54) is 51.4 Å². The molecule has 0 amide bonds. The normalized spacial score (nSPS) is 14.2. The van der Waals surface area contributed by atoms with Crippen molar-refractivity contribution >= 4 is 21.6 Å². The molecule has 0 fully saturated rings. The first-order valence-corrected chi connectivity index (χ1v) is 13.0. The highest BCUT2D eigenvalue weighted by Gasteiger charge is 2.13. The van der Waals surface area contributed by atoms with Crippen LogP contribution < -0.4 is 0 Å². The Bertz CT molecular complexity index is 292. The van der Waals surface area contributed by atoms with E-state index in [2.05, 4.69) is 13.8 Å². The molecule has 1 N–H and O–H groups in total. The first-order valence-electron chi connectivity index (χ1n) is 9.98. The smallest absolute Gasteiger partial charge is 0.0770 e. The molecule has 0 heterocycles. The van der Waals surface area contributed by atoms with Gasteiger partial charge in [-0.25, -0.2) is 0 Å². The number of aliphatic hydroxyl groups is 1. The molecule has 0 radical (unpaired) electrons. The molecule has 0 bridgehead atoms. The molecule has 2 atom stereocenters. The molecular weight excluding hydrogens is 340 g/mol. The quantitative estimate of drug-likeness (QED) is 0.354. The Labute approximate surface area is 155 Å². The molecule has 3 nitrogen and oxygen atoms in total. The third kappa shape index (κ3) is 17.1. The van der Waals surface area contributed by atoms with E-state index in [9.17, 15) is 13.5 Å². The van der Waals surface area contributed by atoms with Crippen LogP contribution in [0.4, 0.5) is 0 Å². The standard InChI is InChI=1S/C19H40O3S2/c1-3-5-7-9-11-13-15-23(21)17-19(20)18-24(22)16-14-12-10-8-6-4-2/h19-20H,3-18H2,1-2H3/t23-,24-/m1/s1.